The Morgan fingerprint density at radius 1 is 1.12 bits per heavy atom. The lowest BCUT2D eigenvalue weighted by atomic mass is 9.99. The number of nitrogens with one attached hydrogen (secondary N) is 2. The topological polar surface area (TPSA) is 96.7 Å². The third-order valence-electron chi connectivity index (χ3n) is 8.70. The molecule has 1 saturated carbocycles. The van der Waals surface area contributed by atoms with Gasteiger partial charge in [-0.15, -0.1) is 10.2 Å². The van der Waals surface area contributed by atoms with Crippen molar-refractivity contribution >= 4 is 16.7 Å². The minimum absolute atomic E-state index is 0.127. The lowest BCUT2D eigenvalue weighted by Crippen LogP contribution is -2.33. The Balaban J connectivity index is 1.36. The molecule has 1 aliphatic heterocycles. The van der Waals surface area contributed by atoms with Crippen LogP contribution in [0.5, 0.6) is 0 Å². The normalized spacial score (nSPS) is 17.5. The Morgan fingerprint density at radius 2 is 1.98 bits per heavy atom. The SMILES string of the molecule is CCNc1cc(-c2ccc(F)cc2-c2nncn2C)cc(-n2cc(C3CC3)c3cc(CN4CCC[C@H](C)C4)[nH]c3c2=O)n1. The van der Waals surface area contributed by atoms with Crippen molar-refractivity contribution in [3.63, 3.8) is 0 Å². The van der Waals surface area contributed by atoms with Gasteiger partial charge in [-0.1, -0.05) is 13.0 Å². The van der Waals surface area contributed by atoms with Crippen molar-refractivity contribution in [2.75, 3.05) is 25.0 Å². The summed E-state index contributed by atoms with van der Waals surface area (Å²) in [7, 11) is 1.83. The maximum atomic E-state index is 14.5. The number of pyridine rings is 2. The summed E-state index contributed by atoms with van der Waals surface area (Å²) >= 11 is 0. The minimum atomic E-state index is -0.361. The average Bonchev–Trinajstić information content (AvgIpc) is 3.60. The molecule has 1 aromatic carbocycles. The average molecular weight is 581 g/mol. The third-order valence-corrected chi connectivity index (χ3v) is 8.70. The number of likely N-dealkylation sites (tertiary alicyclic amines) is 1. The van der Waals surface area contributed by atoms with E-state index in [0.717, 1.165) is 54.7 Å². The first-order valence-electron chi connectivity index (χ1n) is 15.3. The van der Waals surface area contributed by atoms with Gasteiger partial charge in [-0.25, -0.2) is 9.37 Å². The van der Waals surface area contributed by atoms with E-state index in [1.165, 1.54) is 30.5 Å². The van der Waals surface area contributed by atoms with Crippen molar-refractivity contribution in [2.24, 2.45) is 13.0 Å². The molecule has 1 aliphatic carbocycles. The van der Waals surface area contributed by atoms with E-state index in [2.05, 4.69) is 38.4 Å². The summed E-state index contributed by atoms with van der Waals surface area (Å²) in [6.07, 6.45) is 8.30. The van der Waals surface area contributed by atoms with E-state index in [4.69, 9.17) is 4.98 Å². The summed E-state index contributed by atoms with van der Waals surface area (Å²) in [5.74, 6) is 2.46. The molecule has 1 atom stereocenters. The zero-order chi connectivity index (χ0) is 29.7. The molecule has 0 spiro atoms. The molecule has 222 valence electrons. The Bertz CT molecular complexity index is 1870. The van der Waals surface area contributed by atoms with Crippen LogP contribution in [0.4, 0.5) is 10.2 Å². The highest BCUT2D eigenvalue weighted by atomic mass is 19.1. The van der Waals surface area contributed by atoms with Crippen molar-refractivity contribution in [3.8, 4) is 28.3 Å². The first-order chi connectivity index (χ1) is 20.9. The predicted molar refractivity (Wildman–Crippen MR) is 167 cm³/mol. The molecular formula is C33H37FN8O. The van der Waals surface area contributed by atoms with Gasteiger partial charge in [0.15, 0.2) is 5.82 Å². The molecule has 9 nitrogen and oxygen atoms in total. The van der Waals surface area contributed by atoms with Gasteiger partial charge >= 0.3 is 0 Å². The smallest absolute Gasteiger partial charge is 0.280 e. The van der Waals surface area contributed by atoms with Crippen LogP contribution in [0.1, 0.15) is 56.7 Å². The van der Waals surface area contributed by atoms with E-state index in [0.29, 0.717) is 46.9 Å². The van der Waals surface area contributed by atoms with E-state index < -0.39 is 0 Å². The van der Waals surface area contributed by atoms with Crippen LogP contribution >= 0.6 is 0 Å². The zero-order valence-corrected chi connectivity index (χ0v) is 24.9. The second-order valence-electron chi connectivity index (χ2n) is 12.2. The fourth-order valence-corrected chi connectivity index (χ4v) is 6.49. The summed E-state index contributed by atoms with van der Waals surface area (Å²) in [4.78, 5) is 25.0. The molecular weight excluding hydrogens is 543 g/mol. The van der Waals surface area contributed by atoms with Crippen molar-refractivity contribution < 1.29 is 4.39 Å². The number of piperidine rings is 1. The molecule has 4 aromatic heterocycles. The highest BCUT2D eigenvalue weighted by molar-refractivity contribution is 5.85. The molecule has 7 rings (SSSR count). The summed E-state index contributed by atoms with van der Waals surface area (Å²) in [6, 6.07) is 10.7. The molecule has 43 heavy (non-hydrogen) atoms. The molecule has 5 heterocycles. The van der Waals surface area contributed by atoms with Crippen LogP contribution in [0, 0.1) is 11.7 Å². The number of aryl methyl sites for hydroxylation is 1. The van der Waals surface area contributed by atoms with Gasteiger partial charge in [0.25, 0.3) is 5.56 Å². The number of halogens is 1. The van der Waals surface area contributed by atoms with E-state index in [1.807, 2.05) is 32.3 Å². The van der Waals surface area contributed by atoms with E-state index >= 15 is 0 Å². The molecule has 2 N–H and O–H groups in total. The van der Waals surface area contributed by atoms with Crippen molar-refractivity contribution in [1.82, 2.24) is 34.2 Å². The molecule has 0 amide bonds. The van der Waals surface area contributed by atoms with Gasteiger partial charge < -0.3 is 14.9 Å². The highest BCUT2D eigenvalue weighted by Crippen LogP contribution is 2.43. The Hall–Kier alpha value is -4.31. The minimum Gasteiger partial charge on any atom is -0.370 e. The lowest BCUT2D eigenvalue weighted by molar-refractivity contribution is 0.175. The van der Waals surface area contributed by atoms with Gasteiger partial charge in [0.1, 0.15) is 29.3 Å². The number of rotatable bonds is 8. The van der Waals surface area contributed by atoms with Crippen molar-refractivity contribution in [3.05, 3.63) is 76.4 Å². The van der Waals surface area contributed by atoms with Gasteiger partial charge in [-0.3, -0.25) is 14.3 Å². The van der Waals surface area contributed by atoms with Crippen LogP contribution in [0.3, 0.4) is 0 Å². The number of hydrogen-bond donors (Lipinski definition) is 2. The molecule has 5 aromatic rings. The number of aromatic nitrogens is 6. The predicted octanol–water partition coefficient (Wildman–Crippen LogP) is 5.86. The Kier molecular flexibility index (Phi) is 7.09. The van der Waals surface area contributed by atoms with Crippen LogP contribution in [-0.2, 0) is 13.6 Å². The van der Waals surface area contributed by atoms with Crippen LogP contribution in [0.25, 0.3) is 39.2 Å². The molecule has 0 unspecified atom stereocenters. The molecule has 0 radical (unpaired) electrons. The molecule has 2 aliphatic rings. The molecule has 0 bridgehead atoms. The third kappa shape index (κ3) is 5.35. The number of H-pyrrole nitrogens is 1. The van der Waals surface area contributed by atoms with Crippen LogP contribution in [0.15, 0.2) is 53.7 Å². The van der Waals surface area contributed by atoms with Gasteiger partial charge in [0, 0.05) is 49.5 Å². The summed E-state index contributed by atoms with van der Waals surface area (Å²) in [5.41, 5.74) is 4.95. The summed E-state index contributed by atoms with van der Waals surface area (Å²) in [6.45, 7) is 7.96. The number of anilines is 1. The molecule has 2 fully saturated rings. The first-order valence-corrected chi connectivity index (χ1v) is 15.3. The highest BCUT2D eigenvalue weighted by Gasteiger charge is 2.29. The Labute approximate surface area is 249 Å². The fourth-order valence-electron chi connectivity index (χ4n) is 6.49. The second kappa shape index (κ2) is 11.1. The number of nitrogens with zero attached hydrogens (tertiary/aromatic N) is 6. The summed E-state index contributed by atoms with van der Waals surface area (Å²) in [5, 5.41) is 12.6. The summed E-state index contributed by atoms with van der Waals surface area (Å²) < 4.78 is 17.9. The molecule has 10 heteroatoms. The maximum Gasteiger partial charge on any atom is 0.280 e. The van der Waals surface area contributed by atoms with Crippen LogP contribution in [-0.4, -0.2) is 53.8 Å². The van der Waals surface area contributed by atoms with Gasteiger partial charge in [-0.2, -0.15) is 0 Å². The fraction of sp³-hybridized carbons (Fsp3) is 0.394. The largest absolute Gasteiger partial charge is 0.370 e. The number of hydrogen-bond acceptors (Lipinski definition) is 6. The monoisotopic (exact) mass is 580 g/mol. The van der Waals surface area contributed by atoms with Crippen LogP contribution < -0.4 is 10.9 Å². The van der Waals surface area contributed by atoms with Crippen molar-refractivity contribution in [2.45, 2.75) is 52.0 Å². The van der Waals surface area contributed by atoms with Gasteiger partial charge in [-0.05, 0) is 98.0 Å². The Morgan fingerprint density at radius 3 is 2.72 bits per heavy atom. The van der Waals surface area contributed by atoms with E-state index in [-0.39, 0.29) is 11.4 Å². The number of benzene rings is 1. The van der Waals surface area contributed by atoms with E-state index in [1.54, 1.807) is 21.5 Å². The van der Waals surface area contributed by atoms with Crippen molar-refractivity contribution in [1.29, 1.82) is 0 Å². The number of fused-ring (bicyclic) bond motifs is 1. The zero-order valence-electron chi connectivity index (χ0n) is 24.9. The van der Waals surface area contributed by atoms with Crippen LogP contribution in [0.2, 0.25) is 0 Å². The quantitative estimate of drug-likeness (QED) is 0.239. The number of aromatic amines is 1. The van der Waals surface area contributed by atoms with Gasteiger partial charge in [0.2, 0.25) is 0 Å². The molecule has 1 saturated heterocycles. The lowest BCUT2D eigenvalue weighted by Gasteiger charge is -2.30. The standard InChI is InChI=1S/C33H37FN8O/c1-4-35-29-12-22(25-10-9-23(34)14-27(25)32-39-36-19-40(32)3)13-30(38-29)42-18-28(21-7-8-21)26-15-24(37-31(26)33(42)43)17-41-11-5-6-20(2)16-41/h9-10,12-15,18-21,37H,4-8,11,16-17H2,1-3H3,(H,35,38)/t20-/m0/s1. The van der Waals surface area contributed by atoms with E-state index in [9.17, 15) is 9.18 Å². The van der Waals surface area contributed by atoms with Gasteiger partial charge in [0.05, 0.1) is 0 Å². The first kappa shape index (κ1) is 27.5. The second-order valence-corrected chi connectivity index (χ2v) is 12.2. The maximum absolute atomic E-state index is 14.5.